The lowest BCUT2D eigenvalue weighted by Gasteiger charge is -2.34. The second-order valence-corrected chi connectivity index (χ2v) is 12.3. The topological polar surface area (TPSA) is 129 Å². The Morgan fingerprint density at radius 3 is 2.44 bits per heavy atom. The molecule has 0 amide bonds. The van der Waals surface area contributed by atoms with Crippen molar-refractivity contribution < 1.29 is 42.1 Å². The number of ether oxygens (including phenoxy) is 4. The molecule has 0 radical (unpaired) electrons. The number of hydrogen-bond acceptors (Lipinski definition) is 8. The molecule has 12 heteroatoms. The highest BCUT2D eigenvalue weighted by molar-refractivity contribution is 7.89. The van der Waals surface area contributed by atoms with Crippen molar-refractivity contribution in [2.75, 3.05) is 27.4 Å². The van der Waals surface area contributed by atoms with Crippen LogP contribution in [0.4, 0.5) is 0 Å². The summed E-state index contributed by atoms with van der Waals surface area (Å²) in [7, 11) is -0.899. The maximum absolute atomic E-state index is 13.7. The number of carboxylic acid groups (broad SMARTS) is 1. The molecule has 1 aliphatic heterocycles. The number of aryl methyl sites for hydroxylation is 1. The minimum atomic E-state index is -3.99. The molecule has 3 aromatic rings. The van der Waals surface area contributed by atoms with E-state index in [4.69, 9.17) is 35.7 Å². The van der Waals surface area contributed by atoms with Gasteiger partial charge in [-0.05, 0) is 91.8 Å². The number of carbonyl (C=O) groups excluding carboxylic acids is 1. The quantitative estimate of drug-likeness (QED) is 0.251. The van der Waals surface area contributed by atoms with Gasteiger partial charge in [-0.2, -0.15) is 4.31 Å². The first kappa shape index (κ1) is 32.1. The summed E-state index contributed by atoms with van der Waals surface area (Å²) in [5.41, 5.74) is 1.49. The molecule has 1 N–H and O–H groups in total. The molecule has 0 spiro atoms. The lowest BCUT2D eigenvalue weighted by molar-refractivity contribution is -0.155. The zero-order valence-electron chi connectivity index (χ0n) is 23.9. The number of piperidine rings is 1. The first-order valence-corrected chi connectivity index (χ1v) is 15.6. The standard InChI is InChI=1S/C31H34ClNO9S/c1-39-28-16-10-21(18-29(28)40-2)9-15-27(22-6-5-7-24(19-22)41-20-30(34)35)42-31(36)26-8-3-4-17-33(26)43(37,38)25-13-11-23(32)12-14-25/h5-7,10-14,16,18-19,26-27H,3-4,8-9,15,17,20H2,1-2H3,(H,34,35)/t26-,27+/m0/s1. The fourth-order valence-corrected chi connectivity index (χ4v) is 6.74. The summed E-state index contributed by atoms with van der Waals surface area (Å²) in [5, 5.41) is 9.42. The molecule has 43 heavy (non-hydrogen) atoms. The van der Waals surface area contributed by atoms with Crippen LogP contribution in [-0.2, 0) is 30.8 Å². The van der Waals surface area contributed by atoms with Gasteiger partial charge in [0, 0.05) is 11.6 Å². The van der Waals surface area contributed by atoms with E-state index in [1.54, 1.807) is 44.6 Å². The van der Waals surface area contributed by atoms with E-state index in [2.05, 4.69) is 0 Å². The van der Waals surface area contributed by atoms with Gasteiger partial charge in [-0.3, -0.25) is 4.79 Å². The molecule has 4 rings (SSSR count). The van der Waals surface area contributed by atoms with Gasteiger partial charge < -0.3 is 24.1 Å². The minimum absolute atomic E-state index is 0.0462. The Morgan fingerprint density at radius 1 is 1.00 bits per heavy atom. The number of nitrogens with zero attached hydrogens (tertiary/aromatic N) is 1. The number of rotatable bonds is 13. The normalized spacial score (nSPS) is 16.2. The lowest BCUT2D eigenvalue weighted by atomic mass is 10.00. The van der Waals surface area contributed by atoms with Gasteiger partial charge in [0.1, 0.15) is 17.9 Å². The predicted octanol–water partition coefficient (Wildman–Crippen LogP) is 5.28. The van der Waals surface area contributed by atoms with E-state index < -0.39 is 40.7 Å². The van der Waals surface area contributed by atoms with Crippen molar-refractivity contribution in [3.63, 3.8) is 0 Å². The van der Waals surface area contributed by atoms with Crippen molar-refractivity contribution in [3.8, 4) is 17.2 Å². The number of benzene rings is 3. The molecule has 2 atom stereocenters. The third-order valence-corrected chi connectivity index (χ3v) is 9.31. The SMILES string of the molecule is COc1ccc(CC[C@@H](OC(=O)[C@@H]2CCCCN2S(=O)(=O)c2ccc(Cl)cc2)c2cccc(OCC(=O)O)c2)cc1OC. The van der Waals surface area contributed by atoms with E-state index in [0.717, 1.165) is 5.56 Å². The van der Waals surface area contributed by atoms with Gasteiger partial charge in [0.2, 0.25) is 10.0 Å². The van der Waals surface area contributed by atoms with Crippen LogP contribution in [0.25, 0.3) is 0 Å². The van der Waals surface area contributed by atoms with Crippen LogP contribution >= 0.6 is 11.6 Å². The number of aliphatic carboxylic acids is 1. The monoisotopic (exact) mass is 631 g/mol. The van der Waals surface area contributed by atoms with E-state index in [9.17, 15) is 18.0 Å². The summed E-state index contributed by atoms with van der Waals surface area (Å²) in [6.45, 7) is -0.349. The van der Waals surface area contributed by atoms with Crippen molar-refractivity contribution in [1.29, 1.82) is 0 Å². The molecule has 0 bridgehead atoms. The number of esters is 1. The van der Waals surface area contributed by atoms with Crippen LogP contribution in [0.1, 0.15) is 42.9 Å². The number of halogens is 1. The Hall–Kier alpha value is -3.80. The zero-order chi connectivity index (χ0) is 31.0. The van der Waals surface area contributed by atoms with Gasteiger partial charge >= 0.3 is 11.9 Å². The average molecular weight is 632 g/mol. The Balaban J connectivity index is 1.60. The Bertz CT molecular complexity index is 1530. The van der Waals surface area contributed by atoms with Crippen molar-refractivity contribution in [1.82, 2.24) is 4.31 Å². The smallest absolute Gasteiger partial charge is 0.341 e. The van der Waals surface area contributed by atoms with E-state index in [1.165, 1.54) is 28.6 Å². The molecule has 0 saturated carbocycles. The second kappa shape index (κ2) is 14.6. The number of methoxy groups -OCH3 is 2. The third-order valence-electron chi connectivity index (χ3n) is 7.14. The fourth-order valence-electron chi connectivity index (χ4n) is 4.97. The third kappa shape index (κ3) is 8.19. The molecule has 0 unspecified atom stereocenters. The molecule has 1 saturated heterocycles. The van der Waals surface area contributed by atoms with Crippen molar-refractivity contribution in [2.45, 2.75) is 49.1 Å². The van der Waals surface area contributed by atoms with Crippen LogP contribution < -0.4 is 14.2 Å². The molecule has 1 fully saturated rings. The molecule has 230 valence electrons. The van der Waals surface area contributed by atoms with Crippen molar-refractivity contribution >= 4 is 33.6 Å². The summed E-state index contributed by atoms with van der Waals surface area (Å²) < 4.78 is 50.5. The van der Waals surface area contributed by atoms with Crippen LogP contribution in [0.5, 0.6) is 17.2 Å². The Kier molecular flexibility index (Phi) is 10.9. The van der Waals surface area contributed by atoms with E-state index >= 15 is 0 Å². The van der Waals surface area contributed by atoms with Crippen LogP contribution in [0.2, 0.25) is 5.02 Å². The van der Waals surface area contributed by atoms with Crippen molar-refractivity contribution in [3.05, 3.63) is 82.9 Å². The van der Waals surface area contributed by atoms with Crippen molar-refractivity contribution in [2.24, 2.45) is 0 Å². The highest BCUT2D eigenvalue weighted by atomic mass is 35.5. The highest BCUT2D eigenvalue weighted by Gasteiger charge is 2.39. The van der Waals surface area contributed by atoms with Gasteiger partial charge in [0.25, 0.3) is 0 Å². The highest BCUT2D eigenvalue weighted by Crippen LogP contribution is 2.33. The summed E-state index contributed by atoms with van der Waals surface area (Å²) in [6, 6.07) is 17.0. The average Bonchev–Trinajstić information content (AvgIpc) is 3.02. The largest absolute Gasteiger partial charge is 0.493 e. The van der Waals surface area contributed by atoms with Gasteiger partial charge in [0.15, 0.2) is 18.1 Å². The fraction of sp³-hybridized carbons (Fsp3) is 0.355. The van der Waals surface area contributed by atoms with Gasteiger partial charge in [-0.15, -0.1) is 0 Å². The van der Waals surface area contributed by atoms with Crippen LogP contribution in [0.15, 0.2) is 71.6 Å². The molecule has 3 aromatic carbocycles. The van der Waals surface area contributed by atoms with Gasteiger partial charge in [-0.1, -0.05) is 29.8 Å². The second-order valence-electron chi connectivity index (χ2n) is 9.99. The van der Waals surface area contributed by atoms with Crippen LogP contribution in [-0.4, -0.2) is 63.2 Å². The van der Waals surface area contributed by atoms with Gasteiger partial charge in [0.05, 0.1) is 19.1 Å². The summed E-state index contributed by atoms with van der Waals surface area (Å²) in [5.74, 6) is -0.344. The van der Waals surface area contributed by atoms with Gasteiger partial charge in [-0.25, -0.2) is 13.2 Å². The lowest BCUT2D eigenvalue weighted by Crippen LogP contribution is -2.48. The summed E-state index contributed by atoms with van der Waals surface area (Å²) in [4.78, 5) is 24.8. The van der Waals surface area contributed by atoms with E-state index in [1.807, 2.05) is 12.1 Å². The number of carbonyl (C=O) groups is 2. The number of sulfonamides is 1. The number of carboxylic acids is 1. The number of hydrogen-bond donors (Lipinski definition) is 1. The first-order valence-electron chi connectivity index (χ1n) is 13.8. The molecule has 0 aromatic heterocycles. The van der Waals surface area contributed by atoms with Crippen LogP contribution in [0, 0.1) is 0 Å². The Morgan fingerprint density at radius 2 is 1.74 bits per heavy atom. The first-order chi connectivity index (χ1) is 20.6. The van der Waals surface area contributed by atoms with E-state index in [0.29, 0.717) is 59.9 Å². The molecular weight excluding hydrogens is 598 g/mol. The van der Waals surface area contributed by atoms with E-state index in [-0.39, 0.29) is 11.4 Å². The summed E-state index contributed by atoms with van der Waals surface area (Å²) in [6.07, 6.45) is 1.64. The molecular formula is C31H34ClNO9S. The molecule has 0 aliphatic carbocycles. The predicted molar refractivity (Wildman–Crippen MR) is 159 cm³/mol. The maximum Gasteiger partial charge on any atom is 0.341 e. The molecule has 1 aliphatic rings. The molecule has 1 heterocycles. The molecule has 10 nitrogen and oxygen atoms in total. The summed E-state index contributed by atoms with van der Waals surface area (Å²) >= 11 is 5.96. The maximum atomic E-state index is 13.7. The minimum Gasteiger partial charge on any atom is -0.493 e. The van der Waals surface area contributed by atoms with Crippen LogP contribution in [0.3, 0.4) is 0 Å². The zero-order valence-corrected chi connectivity index (χ0v) is 25.5. The Labute approximate surface area is 256 Å².